The summed E-state index contributed by atoms with van der Waals surface area (Å²) < 4.78 is 0. The number of rotatable bonds is 2. The summed E-state index contributed by atoms with van der Waals surface area (Å²) in [6.07, 6.45) is 6.72. The minimum atomic E-state index is 0.0453. The maximum Gasteiger partial charge on any atom is 0.0615 e. The minimum Gasteiger partial charge on any atom is -0.392 e. The fourth-order valence-corrected chi connectivity index (χ4v) is 0.446. The standard InChI is InChI=1S/C12H10O/c1-2-3-4-5-6-7-8-9-10-11-12-13/h8-11,13H,12H2,1H3/b9-8+,11-10+. The highest BCUT2D eigenvalue weighted by atomic mass is 16.2. The SMILES string of the molecule is CC#CC#CC#C/C=C/C=C/CO. The lowest BCUT2D eigenvalue weighted by Gasteiger charge is -1.71. The van der Waals surface area contributed by atoms with Crippen LogP contribution >= 0.6 is 0 Å². The van der Waals surface area contributed by atoms with E-state index in [1.807, 2.05) is 0 Å². The number of aliphatic hydroxyl groups is 1. The van der Waals surface area contributed by atoms with Crippen LogP contribution in [0.5, 0.6) is 0 Å². The largest absolute Gasteiger partial charge is 0.392 e. The zero-order chi connectivity index (χ0) is 9.78. The third-order valence-electron chi connectivity index (χ3n) is 0.917. The second kappa shape index (κ2) is 10.1. The molecule has 0 unspecified atom stereocenters. The van der Waals surface area contributed by atoms with Crippen LogP contribution in [-0.4, -0.2) is 11.7 Å². The number of hydrogen-bond acceptors (Lipinski definition) is 1. The molecule has 0 spiro atoms. The van der Waals surface area contributed by atoms with Crippen molar-refractivity contribution in [2.24, 2.45) is 0 Å². The molecule has 0 atom stereocenters. The summed E-state index contributed by atoms with van der Waals surface area (Å²) in [6, 6.07) is 0. The van der Waals surface area contributed by atoms with Crippen molar-refractivity contribution in [1.82, 2.24) is 0 Å². The molecule has 0 rings (SSSR count). The summed E-state index contributed by atoms with van der Waals surface area (Å²) in [5.74, 6) is 15.6. The first kappa shape index (κ1) is 11.1. The van der Waals surface area contributed by atoms with Crippen molar-refractivity contribution >= 4 is 0 Å². The van der Waals surface area contributed by atoms with Crippen LogP contribution in [0, 0.1) is 35.5 Å². The summed E-state index contributed by atoms with van der Waals surface area (Å²) in [5.41, 5.74) is 0. The lowest BCUT2D eigenvalue weighted by molar-refractivity contribution is 0.343. The molecule has 64 valence electrons. The number of hydrogen-bond donors (Lipinski definition) is 1. The van der Waals surface area contributed by atoms with E-state index in [0.717, 1.165) is 0 Å². The van der Waals surface area contributed by atoms with E-state index in [1.165, 1.54) is 0 Å². The van der Waals surface area contributed by atoms with E-state index in [0.29, 0.717) is 0 Å². The summed E-state index contributed by atoms with van der Waals surface area (Å²) in [5, 5.41) is 8.37. The average molecular weight is 170 g/mol. The van der Waals surface area contributed by atoms with Crippen molar-refractivity contribution in [2.45, 2.75) is 6.92 Å². The lowest BCUT2D eigenvalue weighted by atomic mass is 10.4. The molecule has 0 bridgehead atoms. The Balaban J connectivity index is 3.86. The highest BCUT2D eigenvalue weighted by Gasteiger charge is 1.61. The second-order valence-corrected chi connectivity index (χ2v) is 1.86. The van der Waals surface area contributed by atoms with Gasteiger partial charge in [-0.25, -0.2) is 0 Å². The van der Waals surface area contributed by atoms with Crippen molar-refractivity contribution < 1.29 is 5.11 Å². The Morgan fingerprint density at radius 3 is 2.54 bits per heavy atom. The smallest absolute Gasteiger partial charge is 0.0615 e. The second-order valence-electron chi connectivity index (χ2n) is 1.86. The molecule has 0 aromatic heterocycles. The third kappa shape index (κ3) is 10.1. The molecule has 1 nitrogen and oxygen atoms in total. The van der Waals surface area contributed by atoms with Gasteiger partial charge in [0, 0.05) is 0 Å². The van der Waals surface area contributed by atoms with E-state index in [9.17, 15) is 0 Å². The van der Waals surface area contributed by atoms with Crippen LogP contribution in [0.25, 0.3) is 0 Å². The molecule has 0 fully saturated rings. The predicted octanol–water partition coefficient (Wildman–Crippen LogP) is 1.12. The number of allylic oxidation sites excluding steroid dienone is 3. The van der Waals surface area contributed by atoms with Crippen LogP contribution in [0.2, 0.25) is 0 Å². The fraction of sp³-hybridized carbons (Fsp3) is 0.167. The lowest BCUT2D eigenvalue weighted by Crippen LogP contribution is -1.67. The van der Waals surface area contributed by atoms with Gasteiger partial charge in [-0.3, -0.25) is 0 Å². The van der Waals surface area contributed by atoms with Gasteiger partial charge < -0.3 is 5.11 Å². The molecule has 0 saturated heterocycles. The molecule has 13 heavy (non-hydrogen) atoms. The Bertz CT molecular complexity index is 353. The van der Waals surface area contributed by atoms with E-state index in [2.05, 4.69) is 35.5 Å². The molecule has 1 heteroatoms. The van der Waals surface area contributed by atoms with E-state index in [4.69, 9.17) is 5.11 Å². The summed E-state index contributed by atoms with van der Waals surface area (Å²) in [7, 11) is 0. The predicted molar refractivity (Wildman–Crippen MR) is 54.4 cm³/mol. The van der Waals surface area contributed by atoms with E-state index in [-0.39, 0.29) is 6.61 Å². The summed E-state index contributed by atoms with van der Waals surface area (Å²) in [4.78, 5) is 0. The maximum absolute atomic E-state index is 8.37. The van der Waals surface area contributed by atoms with Crippen molar-refractivity contribution in [1.29, 1.82) is 0 Å². The Labute approximate surface area is 79.2 Å². The molecule has 0 aromatic carbocycles. The van der Waals surface area contributed by atoms with E-state index >= 15 is 0 Å². The number of aliphatic hydroxyl groups excluding tert-OH is 1. The average Bonchev–Trinajstić information content (AvgIpc) is 2.16. The van der Waals surface area contributed by atoms with E-state index in [1.54, 1.807) is 31.2 Å². The Morgan fingerprint density at radius 2 is 1.85 bits per heavy atom. The molecular formula is C12H10O. The topological polar surface area (TPSA) is 20.2 Å². The van der Waals surface area contributed by atoms with Crippen LogP contribution in [0.4, 0.5) is 0 Å². The fourth-order valence-electron chi connectivity index (χ4n) is 0.446. The van der Waals surface area contributed by atoms with Crippen LogP contribution in [0.15, 0.2) is 24.3 Å². The van der Waals surface area contributed by atoms with Crippen LogP contribution < -0.4 is 0 Å². The quantitative estimate of drug-likeness (QED) is 0.486. The third-order valence-corrected chi connectivity index (χ3v) is 0.917. The van der Waals surface area contributed by atoms with Crippen molar-refractivity contribution in [3.8, 4) is 35.5 Å². The van der Waals surface area contributed by atoms with Gasteiger partial charge in [-0.1, -0.05) is 30.1 Å². The normalized spacial score (nSPS) is 8.15. The first-order valence-electron chi connectivity index (χ1n) is 3.76. The Morgan fingerprint density at radius 1 is 1.08 bits per heavy atom. The van der Waals surface area contributed by atoms with Crippen molar-refractivity contribution in [2.75, 3.05) is 6.61 Å². The van der Waals surface area contributed by atoms with Crippen LogP contribution in [0.3, 0.4) is 0 Å². The highest BCUT2D eigenvalue weighted by Crippen LogP contribution is 1.74. The molecule has 1 N–H and O–H groups in total. The van der Waals surface area contributed by atoms with E-state index < -0.39 is 0 Å². The van der Waals surface area contributed by atoms with Crippen LogP contribution in [0.1, 0.15) is 6.92 Å². The molecule has 0 aliphatic carbocycles. The first-order valence-corrected chi connectivity index (χ1v) is 3.76. The van der Waals surface area contributed by atoms with Crippen molar-refractivity contribution in [3.63, 3.8) is 0 Å². The van der Waals surface area contributed by atoms with Crippen molar-refractivity contribution in [3.05, 3.63) is 24.3 Å². The van der Waals surface area contributed by atoms with Gasteiger partial charge in [0.15, 0.2) is 0 Å². The van der Waals surface area contributed by atoms with Gasteiger partial charge in [0.25, 0.3) is 0 Å². The van der Waals surface area contributed by atoms with Gasteiger partial charge in [0.05, 0.1) is 6.61 Å². The first-order chi connectivity index (χ1) is 6.41. The Kier molecular flexibility index (Phi) is 8.66. The molecule has 0 amide bonds. The van der Waals surface area contributed by atoms with Crippen LogP contribution in [-0.2, 0) is 0 Å². The molecule has 0 heterocycles. The summed E-state index contributed by atoms with van der Waals surface area (Å²) in [6.45, 7) is 1.77. The zero-order valence-corrected chi connectivity index (χ0v) is 7.46. The van der Waals surface area contributed by atoms with Gasteiger partial charge in [0.2, 0.25) is 0 Å². The molecule has 0 aliphatic heterocycles. The van der Waals surface area contributed by atoms with Gasteiger partial charge in [-0.2, -0.15) is 0 Å². The molecule has 0 radical (unpaired) electrons. The monoisotopic (exact) mass is 170 g/mol. The highest BCUT2D eigenvalue weighted by molar-refractivity contribution is 5.37. The Hall–Kier alpha value is -1.88. The zero-order valence-electron chi connectivity index (χ0n) is 7.46. The molecule has 0 aliphatic rings. The van der Waals surface area contributed by atoms with Gasteiger partial charge >= 0.3 is 0 Å². The molecular weight excluding hydrogens is 160 g/mol. The van der Waals surface area contributed by atoms with Gasteiger partial charge in [-0.05, 0) is 36.7 Å². The maximum atomic E-state index is 8.37. The summed E-state index contributed by atoms with van der Waals surface area (Å²) >= 11 is 0. The molecule has 0 saturated carbocycles. The van der Waals surface area contributed by atoms with Gasteiger partial charge in [-0.15, -0.1) is 0 Å². The minimum absolute atomic E-state index is 0.0453. The molecule has 0 aromatic rings. The van der Waals surface area contributed by atoms with Gasteiger partial charge in [0.1, 0.15) is 0 Å².